The average Bonchev–Trinajstić information content (AvgIpc) is 2.42. The molecule has 0 radical (unpaired) electrons. The number of carbonyl (C=O) groups excluding carboxylic acids is 1. The Bertz CT molecular complexity index is 520. The Morgan fingerprint density at radius 3 is 2.90 bits per heavy atom. The lowest BCUT2D eigenvalue weighted by Gasteiger charge is -2.05. The van der Waals surface area contributed by atoms with Gasteiger partial charge in [-0.15, -0.1) is 0 Å². The lowest BCUT2D eigenvalue weighted by Crippen LogP contribution is -2.17. The number of nitriles is 1. The number of nitrogens with zero attached hydrogens (tertiary/aromatic N) is 1. The zero-order chi connectivity index (χ0) is 14.8. The summed E-state index contributed by atoms with van der Waals surface area (Å²) in [4.78, 5) is 11.9. The Kier molecular flexibility index (Phi) is 7.23. The van der Waals surface area contributed by atoms with Crippen molar-refractivity contribution in [1.29, 1.82) is 5.26 Å². The second kappa shape index (κ2) is 9.00. The van der Waals surface area contributed by atoms with Crippen LogP contribution in [0.15, 0.2) is 36.0 Å². The number of nitrogens with one attached hydrogen (secondary N) is 2. The predicted octanol–water partition coefficient (Wildman–Crippen LogP) is 3.47. The molecule has 2 N–H and O–H groups in total. The van der Waals surface area contributed by atoms with Gasteiger partial charge in [0, 0.05) is 23.5 Å². The van der Waals surface area contributed by atoms with Gasteiger partial charge in [0.05, 0.1) is 0 Å². The second-order valence-corrected chi connectivity index (χ2v) is 4.73. The third-order valence-corrected chi connectivity index (χ3v) is 2.85. The average molecular weight is 292 g/mol. The molecule has 0 bridgehead atoms. The van der Waals surface area contributed by atoms with Gasteiger partial charge in [0.25, 0.3) is 5.91 Å². The summed E-state index contributed by atoms with van der Waals surface area (Å²) in [5, 5.41) is 15.1. The molecule has 0 heterocycles. The quantitative estimate of drug-likeness (QED) is 0.459. The van der Waals surface area contributed by atoms with Crippen molar-refractivity contribution < 1.29 is 4.79 Å². The first-order valence-electron chi connectivity index (χ1n) is 6.58. The maximum Gasteiger partial charge on any atom is 0.267 e. The Labute approximate surface area is 124 Å². The number of anilines is 1. The molecule has 0 saturated carbocycles. The summed E-state index contributed by atoms with van der Waals surface area (Å²) >= 11 is 5.83. The summed E-state index contributed by atoms with van der Waals surface area (Å²) in [7, 11) is 0. The van der Waals surface area contributed by atoms with Crippen molar-refractivity contribution in [2.24, 2.45) is 0 Å². The van der Waals surface area contributed by atoms with E-state index in [9.17, 15) is 4.79 Å². The maximum atomic E-state index is 11.9. The number of amides is 1. The number of hydrogen-bond donors (Lipinski definition) is 2. The topological polar surface area (TPSA) is 64.9 Å². The van der Waals surface area contributed by atoms with E-state index in [1.807, 2.05) is 6.07 Å². The molecule has 0 fully saturated rings. The molecule has 0 spiro atoms. The minimum atomic E-state index is -0.447. The van der Waals surface area contributed by atoms with Crippen molar-refractivity contribution >= 4 is 23.2 Å². The van der Waals surface area contributed by atoms with E-state index >= 15 is 0 Å². The van der Waals surface area contributed by atoms with Crippen molar-refractivity contribution in [3.8, 4) is 6.07 Å². The molecule has 0 atom stereocenters. The summed E-state index contributed by atoms with van der Waals surface area (Å²) in [5.41, 5.74) is 0.608. The molecule has 4 nitrogen and oxygen atoms in total. The monoisotopic (exact) mass is 291 g/mol. The van der Waals surface area contributed by atoms with E-state index in [1.165, 1.54) is 6.20 Å². The van der Waals surface area contributed by atoms with E-state index < -0.39 is 5.91 Å². The first-order valence-corrected chi connectivity index (χ1v) is 6.95. The molecule has 0 aliphatic rings. The zero-order valence-electron chi connectivity index (χ0n) is 11.4. The fourth-order valence-electron chi connectivity index (χ4n) is 1.56. The fraction of sp³-hybridized carbons (Fsp3) is 0.333. The van der Waals surface area contributed by atoms with Crippen molar-refractivity contribution in [3.63, 3.8) is 0 Å². The van der Waals surface area contributed by atoms with Crippen LogP contribution in [-0.2, 0) is 4.79 Å². The van der Waals surface area contributed by atoms with Crippen LogP contribution >= 0.6 is 11.6 Å². The lowest BCUT2D eigenvalue weighted by atomic mass is 10.2. The number of hydrogen-bond acceptors (Lipinski definition) is 3. The van der Waals surface area contributed by atoms with Crippen LogP contribution < -0.4 is 10.6 Å². The molecule has 0 unspecified atom stereocenters. The van der Waals surface area contributed by atoms with E-state index in [0.717, 1.165) is 25.8 Å². The first-order chi connectivity index (χ1) is 9.67. The number of halogens is 1. The van der Waals surface area contributed by atoms with E-state index in [-0.39, 0.29) is 5.57 Å². The first kappa shape index (κ1) is 16.1. The van der Waals surface area contributed by atoms with Crippen molar-refractivity contribution in [3.05, 3.63) is 41.1 Å². The highest BCUT2D eigenvalue weighted by molar-refractivity contribution is 6.31. The molecular formula is C15H18ClN3O. The summed E-state index contributed by atoms with van der Waals surface area (Å²) in [6, 6.07) is 8.67. The zero-order valence-corrected chi connectivity index (χ0v) is 12.2. The number of unbranched alkanes of at least 4 members (excludes halogenated alkanes) is 2. The van der Waals surface area contributed by atoms with E-state index in [0.29, 0.717) is 10.7 Å². The van der Waals surface area contributed by atoms with Crippen molar-refractivity contribution in [1.82, 2.24) is 5.32 Å². The highest BCUT2D eigenvalue weighted by atomic mass is 35.5. The predicted molar refractivity (Wildman–Crippen MR) is 81.3 cm³/mol. The number of carbonyl (C=O) groups is 1. The van der Waals surface area contributed by atoms with E-state index in [1.54, 1.807) is 24.3 Å². The molecule has 1 rings (SSSR count). The van der Waals surface area contributed by atoms with Gasteiger partial charge in [-0.1, -0.05) is 37.4 Å². The molecule has 0 aliphatic heterocycles. The summed E-state index contributed by atoms with van der Waals surface area (Å²) in [6.07, 6.45) is 4.72. The smallest absolute Gasteiger partial charge is 0.267 e. The highest BCUT2D eigenvalue weighted by Gasteiger charge is 2.09. The summed E-state index contributed by atoms with van der Waals surface area (Å²) in [5.74, 6) is -0.447. The molecule has 1 aromatic carbocycles. The van der Waals surface area contributed by atoms with Gasteiger partial charge < -0.3 is 10.6 Å². The minimum absolute atomic E-state index is 0.0430. The van der Waals surface area contributed by atoms with Crippen molar-refractivity contribution in [2.75, 3.05) is 11.9 Å². The van der Waals surface area contributed by atoms with Gasteiger partial charge in [0.2, 0.25) is 0 Å². The third-order valence-electron chi connectivity index (χ3n) is 2.62. The lowest BCUT2D eigenvalue weighted by molar-refractivity contribution is -0.112. The van der Waals surface area contributed by atoms with Crippen LogP contribution in [0.2, 0.25) is 5.02 Å². The van der Waals surface area contributed by atoms with Crippen LogP contribution in [0.4, 0.5) is 5.69 Å². The van der Waals surface area contributed by atoms with E-state index in [4.69, 9.17) is 16.9 Å². The molecule has 1 aromatic rings. The molecule has 0 saturated heterocycles. The third kappa shape index (κ3) is 5.77. The van der Waals surface area contributed by atoms with Gasteiger partial charge in [-0.25, -0.2) is 0 Å². The largest absolute Gasteiger partial charge is 0.390 e. The highest BCUT2D eigenvalue weighted by Crippen LogP contribution is 2.15. The minimum Gasteiger partial charge on any atom is -0.390 e. The Balaban J connectivity index is 2.55. The molecule has 1 amide bonds. The molecule has 106 valence electrons. The molecule has 5 heteroatoms. The molecule has 0 aromatic heterocycles. The van der Waals surface area contributed by atoms with Crippen LogP contribution in [0.3, 0.4) is 0 Å². The Morgan fingerprint density at radius 2 is 2.25 bits per heavy atom. The SMILES string of the molecule is CCCCCN/C=C(/C#N)C(=O)Nc1cccc(Cl)c1. The van der Waals surface area contributed by atoms with E-state index in [2.05, 4.69) is 17.6 Å². The van der Waals surface area contributed by atoms with Crippen LogP contribution in [0.25, 0.3) is 0 Å². The normalized spacial score (nSPS) is 10.8. The maximum absolute atomic E-state index is 11.9. The standard InChI is InChI=1S/C15H18ClN3O/c1-2-3-4-8-18-11-12(10-17)15(20)19-14-7-5-6-13(16)9-14/h5-7,9,11,18H,2-4,8H2,1H3,(H,19,20)/b12-11-. The van der Waals surface area contributed by atoms with Crippen molar-refractivity contribution in [2.45, 2.75) is 26.2 Å². The van der Waals surface area contributed by atoms with Crippen LogP contribution in [0, 0.1) is 11.3 Å². The van der Waals surface area contributed by atoms with Crippen LogP contribution in [-0.4, -0.2) is 12.5 Å². The Hall–Kier alpha value is -1.99. The molecule has 20 heavy (non-hydrogen) atoms. The van der Waals surface area contributed by atoms with Gasteiger partial charge in [-0.3, -0.25) is 4.79 Å². The van der Waals surface area contributed by atoms with Gasteiger partial charge >= 0.3 is 0 Å². The number of benzene rings is 1. The second-order valence-electron chi connectivity index (χ2n) is 4.30. The van der Waals surface area contributed by atoms with Crippen LogP contribution in [0.5, 0.6) is 0 Å². The van der Waals surface area contributed by atoms with Gasteiger partial charge in [-0.05, 0) is 24.6 Å². The Morgan fingerprint density at radius 1 is 1.45 bits per heavy atom. The van der Waals surface area contributed by atoms with Gasteiger partial charge in [0.1, 0.15) is 11.6 Å². The van der Waals surface area contributed by atoms with Gasteiger partial charge in [-0.2, -0.15) is 5.26 Å². The molecule has 0 aliphatic carbocycles. The fourth-order valence-corrected chi connectivity index (χ4v) is 1.75. The summed E-state index contributed by atoms with van der Waals surface area (Å²) < 4.78 is 0. The van der Waals surface area contributed by atoms with Gasteiger partial charge in [0.15, 0.2) is 0 Å². The number of rotatable bonds is 7. The van der Waals surface area contributed by atoms with Crippen LogP contribution in [0.1, 0.15) is 26.2 Å². The summed E-state index contributed by atoms with van der Waals surface area (Å²) in [6.45, 7) is 2.87. The molecular weight excluding hydrogens is 274 g/mol.